The van der Waals surface area contributed by atoms with Gasteiger partial charge in [0.2, 0.25) is 0 Å². The number of rotatable bonds is 5. The number of aromatic nitrogens is 1. The summed E-state index contributed by atoms with van der Waals surface area (Å²) in [6, 6.07) is 78.7. The van der Waals surface area contributed by atoms with Gasteiger partial charge in [0, 0.05) is 16.5 Å². The molecule has 0 unspecified atom stereocenters. The molecule has 1 heteroatoms. The summed E-state index contributed by atoms with van der Waals surface area (Å²) in [7, 11) is 0. The van der Waals surface area contributed by atoms with Crippen LogP contribution < -0.4 is 0 Å². The van der Waals surface area contributed by atoms with Gasteiger partial charge in [0.1, 0.15) is 0 Å². The number of hydrogen-bond donors (Lipinski definition) is 0. The van der Waals surface area contributed by atoms with Gasteiger partial charge in [-0.3, -0.25) is 0 Å². The average Bonchev–Trinajstić information content (AvgIpc) is 3.89. The van der Waals surface area contributed by atoms with E-state index in [0.29, 0.717) is 0 Å². The van der Waals surface area contributed by atoms with Gasteiger partial charge in [0.05, 0.1) is 16.4 Å². The van der Waals surface area contributed by atoms with Crippen LogP contribution in [0.5, 0.6) is 0 Å². The second-order valence-electron chi connectivity index (χ2n) is 15.6. The topological polar surface area (TPSA) is 4.93 Å². The Balaban J connectivity index is 0.866. The van der Waals surface area contributed by atoms with Gasteiger partial charge in [0.15, 0.2) is 0 Å². The third-order valence-corrected chi connectivity index (χ3v) is 12.7. The number of nitrogens with zero attached hydrogens (tertiary/aromatic N) is 1. The van der Waals surface area contributed by atoms with Crippen molar-refractivity contribution < 1.29 is 0 Å². The van der Waals surface area contributed by atoms with Crippen molar-refractivity contribution >= 4 is 21.8 Å². The molecule has 12 rings (SSSR count). The third kappa shape index (κ3) is 4.63. The van der Waals surface area contributed by atoms with Gasteiger partial charge in [-0.2, -0.15) is 0 Å². The highest BCUT2D eigenvalue weighted by Gasteiger charge is 2.51. The molecule has 0 N–H and O–H groups in total. The molecule has 1 nitrogen and oxygen atoms in total. The Bertz CT molecular complexity index is 3140. The fraction of sp³-hybridized carbons (Fsp3) is 0.0357. The van der Waals surface area contributed by atoms with Gasteiger partial charge < -0.3 is 4.57 Å². The normalized spacial score (nSPS) is 13.1. The molecule has 1 spiro atoms. The molecule has 0 radical (unpaired) electrons. The Morgan fingerprint density at radius 3 is 1.56 bits per heavy atom. The maximum absolute atomic E-state index is 2.38. The standard InChI is InChI=1S/C56H37N/c1-2-14-43(15-3-1)57-53-24-11-7-18-46(53)48-36-41(33-34-54(48)57)40-31-29-39(30-32-40)38-27-25-37(26-28-38)35-42-13-12-23-52-55(42)47-19-6-10-22-51(47)56(52)49-20-8-4-16-44(49)45-17-5-9-21-50(45)56/h1-34,36H,35H2. The predicted octanol–water partition coefficient (Wildman–Crippen LogP) is 14.1. The van der Waals surface area contributed by atoms with Crippen LogP contribution in [0.4, 0.5) is 0 Å². The lowest BCUT2D eigenvalue weighted by molar-refractivity contribution is 0.793. The van der Waals surface area contributed by atoms with Crippen LogP contribution in [0, 0.1) is 0 Å². The Labute approximate surface area is 332 Å². The van der Waals surface area contributed by atoms with E-state index in [1.807, 2.05) is 0 Å². The first-order chi connectivity index (χ1) is 28.3. The Morgan fingerprint density at radius 2 is 0.860 bits per heavy atom. The summed E-state index contributed by atoms with van der Waals surface area (Å²) >= 11 is 0. The third-order valence-electron chi connectivity index (χ3n) is 12.7. The van der Waals surface area contributed by atoms with Crippen LogP contribution in [0.2, 0.25) is 0 Å². The molecular weight excluding hydrogens is 687 g/mol. The van der Waals surface area contributed by atoms with Crippen molar-refractivity contribution in [1.29, 1.82) is 0 Å². The fourth-order valence-electron chi connectivity index (χ4n) is 10.3. The van der Waals surface area contributed by atoms with E-state index in [1.165, 1.54) is 105 Å². The first-order valence-electron chi connectivity index (χ1n) is 20.0. The van der Waals surface area contributed by atoms with Crippen LogP contribution in [-0.4, -0.2) is 4.57 Å². The van der Waals surface area contributed by atoms with Crippen molar-refractivity contribution in [3.8, 4) is 50.2 Å². The summed E-state index contributed by atoms with van der Waals surface area (Å²) in [6.07, 6.45) is 0.874. The van der Waals surface area contributed by atoms with Crippen LogP contribution >= 0.6 is 0 Å². The van der Waals surface area contributed by atoms with Crippen LogP contribution in [0.3, 0.4) is 0 Å². The summed E-state index contributed by atoms with van der Waals surface area (Å²) in [5, 5.41) is 2.54. The highest BCUT2D eigenvalue weighted by Crippen LogP contribution is 2.63. The van der Waals surface area contributed by atoms with Crippen molar-refractivity contribution in [3.05, 3.63) is 246 Å². The lowest BCUT2D eigenvalue weighted by atomic mass is 9.70. The van der Waals surface area contributed by atoms with Crippen LogP contribution in [0.15, 0.2) is 212 Å². The summed E-state index contributed by atoms with van der Waals surface area (Å²) in [5.41, 5.74) is 21.9. The minimum Gasteiger partial charge on any atom is -0.309 e. The lowest BCUT2D eigenvalue weighted by Crippen LogP contribution is -2.25. The van der Waals surface area contributed by atoms with E-state index in [4.69, 9.17) is 0 Å². The molecule has 0 saturated carbocycles. The second kappa shape index (κ2) is 12.4. The Hall–Kier alpha value is -7.22. The first-order valence-corrected chi connectivity index (χ1v) is 20.0. The van der Waals surface area contributed by atoms with E-state index in [-0.39, 0.29) is 5.41 Å². The number of fused-ring (bicyclic) bond motifs is 13. The van der Waals surface area contributed by atoms with Gasteiger partial charge in [-0.1, -0.05) is 182 Å². The molecule has 2 aliphatic carbocycles. The van der Waals surface area contributed by atoms with Crippen molar-refractivity contribution in [1.82, 2.24) is 4.57 Å². The second-order valence-corrected chi connectivity index (χ2v) is 15.6. The van der Waals surface area contributed by atoms with Crippen LogP contribution in [0.25, 0.3) is 72.0 Å². The maximum atomic E-state index is 2.38. The average molecular weight is 724 g/mol. The van der Waals surface area contributed by atoms with Gasteiger partial charge in [0.25, 0.3) is 0 Å². The summed E-state index contributed by atoms with van der Waals surface area (Å²) in [4.78, 5) is 0. The zero-order valence-electron chi connectivity index (χ0n) is 31.4. The zero-order chi connectivity index (χ0) is 37.5. The van der Waals surface area contributed by atoms with E-state index >= 15 is 0 Å². The van der Waals surface area contributed by atoms with Crippen molar-refractivity contribution in [3.63, 3.8) is 0 Å². The maximum Gasteiger partial charge on any atom is 0.0725 e. The van der Waals surface area contributed by atoms with Gasteiger partial charge in [-0.25, -0.2) is 0 Å². The molecule has 0 amide bonds. The van der Waals surface area contributed by atoms with Crippen molar-refractivity contribution in [2.75, 3.05) is 0 Å². The molecule has 0 fully saturated rings. The zero-order valence-corrected chi connectivity index (χ0v) is 31.4. The molecule has 1 heterocycles. The van der Waals surface area contributed by atoms with Crippen LogP contribution in [0.1, 0.15) is 33.4 Å². The quantitative estimate of drug-likeness (QED) is 0.167. The summed E-state index contributed by atoms with van der Waals surface area (Å²) < 4.78 is 2.37. The molecule has 0 atom stereocenters. The van der Waals surface area contributed by atoms with E-state index in [9.17, 15) is 0 Å². The monoisotopic (exact) mass is 723 g/mol. The molecular formula is C56H37N. The van der Waals surface area contributed by atoms with Gasteiger partial charge >= 0.3 is 0 Å². The molecule has 0 bridgehead atoms. The molecule has 0 saturated heterocycles. The highest BCUT2D eigenvalue weighted by atomic mass is 15.0. The largest absolute Gasteiger partial charge is 0.309 e. The Morgan fingerprint density at radius 1 is 0.351 bits per heavy atom. The van der Waals surface area contributed by atoms with Crippen molar-refractivity contribution in [2.24, 2.45) is 0 Å². The van der Waals surface area contributed by atoms with Gasteiger partial charge in [-0.15, -0.1) is 0 Å². The molecule has 57 heavy (non-hydrogen) atoms. The Kier molecular flexibility index (Phi) is 6.97. The molecule has 0 aliphatic heterocycles. The molecule has 10 aromatic rings. The number of benzene rings is 9. The van der Waals surface area contributed by atoms with Crippen LogP contribution in [-0.2, 0) is 11.8 Å². The molecule has 266 valence electrons. The fourth-order valence-corrected chi connectivity index (χ4v) is 10.3. The van der Waals surface area contributed by atoms with E-state index in [2.05, 4.69) is 217 Å². The molecule has 1 aromatic heterocycles. The number of hydrogen-bond acceptors (Lipinski definition) is 0. The number of para-hydroxylation sites is 2. The molecule has 2 aliphatic rings. The predicted molar refractivity (Wildman–Crippen MR) is 237 cm³/mol. The van der Waals surface area contributed by atoms with E-state index < -0.39 is 0 Å². The van der Waals surface area contributed by atoms with E-state index in [1.54, 1.807) is 0 Å². The lowest BCUT2D eigenvalue weighted by Gasteiger charge is -2.30. The summed E-state index contributed by atoms with van der Waals surface area (Å²) in [5.74, 6) is 0. The minimum absolute atomic E-state index is 0.308. The smallest absolute Gasteiger partial charge is 0.0725 e. The highest BCUT2D eigenvalue weighted by molar-refractivity contribution is 6.10. The van der Waals surface area contributed by atoms with E-state index in [0.717, 1.165) is 6.42 Å². The minimum atomic E-state index is -0.308. The molecule has 9 aromatic carbocycles. The first kappa shape index (κ1) is 32.1. The van der Waals surface area contributed by atoms with Gasteiger partial charge in [-0.05, 0) is 115 Å². The SMILES string of the molecule is c1ccc(-n2c3ccccc3c3cc(-c4ccc(-c5ccc(Cc6cccc7c6-c6ccccc6C76c7ccccc7-c7ccccc76)cc5)cc4)ccc32)cc1. The van der Waals surface area contributed by atoms with Crippen molar-refractivity contribution in [2.45, 2.75) is 11.8 Å². The summed E-state index contributed by atoms with van der Waals surface area (Å²) in [6.45, 7) is 0.